The molecule has 0 aliphatic carbocycles. The molecule has 0 spiro atoms. The topological polar surface area (TPSA) is 63.4 Å². The van der Waals surface area contributed by atoms with Crippen LogP contribution in [0.2, 0.25) is 0 Å². The molecule has 102 valence electrons. The molecule has 0 saturated carbocycles. The Morgan fingerprint density at radius 3 is 2.65 bits per heavy atom. The fourth-order valence-electron chi connectivity index (χ4n) is 2.44. The first-order valence-electron chi connectivity index (χ1n) is 6.55. The first-order valence-corrected chi connectivity index (χ1v) is 8.40. The van der Waals surface area contributed by atoms with Gasteiger partial charge in [-0.05, 0) is 31.1 Å². The van der Waals surface area contributed by atoms with Gasteiger partial charge in [-0.1, -0.05) is 20.3 Å². The Morgan fingerprint density at radius 1 is 1.47 bits per heavy atom. The Kier molecular flexibility index (Phi) is 5.41. The van der Waals surface area contributed by atoms with Crippen LogP contribution in [-0.4, -0.2) is 38.1 Å². The lowest BCUT2D eigenvalue weighted by Gasteiger charge is -2.33. The van der Waals surface area contributed by atoms with Crippen LogP contribution in [0, 0.1) is 11.8 Å². The number of hydrogen-bond donors (Lipinski definition) is 1. The standard InChI is InChI=1S/C12H26N2O2S/c1-4-10(2)12(13)8-11-6-5-7-14(9-11)17(3,15)16/h10-12H,4-9,13H2,1-3H3. The maximum Gasteiger partial charge on any atom is 0.211 e. The van der Waals surface area contributed by atoms with Gasteiger partial charge in [-0.25, -0.2) is 12.7 Å². The van der Waals surface area contributed by atoms with Gasteiger partial charge in [0.25, 0.3) is 0 Å². The average molecular weight is 262 g/mol. The molecule has 0 aromatic carbocycles. The van der Waals surface area contributed by atoms with Crippen molar-refractivity contribution in [2.75, 3.05) is 19.3 Å². The Labute approximate surface area is 106 Å². The summed E-state index contributed by atoms with van der Waals surface area (Å²) < 4.78 is 24.6. The third kappa shape index (κ3) is 4.56. The highest BCUT2D eigenvalue weighted by Gasteiger charge is 2.27. The van der Waals surface area contributed by atoms with Crippen LogP contribution in [0.1, 0.15) is 39.5 Å². The zero-order chi connectivity index (χ0) is 13.1. The van der Waals surface area contributed by atoms with E-state index >= 15 is 0 Å². The number of piperidine rings is 1. The normalized spacial score (nSPS) is 26.7. The second kappa shape index (κ2) is 6.16. The van der Waals surface area contributed by atoms with Crippen LogP contribution < -0.4 is 5.73 Å². The van der Waals surface area contributed by atoms with Crippen LogP contribution in [0.3, 0.4) is 0 Å². The Balaban J connectivity index is 2.50. The SMILES string of the molecule is CCC(C)C(N)CC1CCCN(S(C)(=O)=O)C1. The summed E-state index contributed by atoms with van der Waals surface area (Å²) in [6.07, 6.45) is 5.40. The van der Waals surface area contributed by atoms with E-state index in [0.29, 0.717) is 24.9 Å². The van der Waals surface area contributed by atoms with Crippen molar-refractivity contribution in [3.8, 4) is 0 Å². The molecule has 2 N–H and O–H groups in total. The summed E-state index contributed by atoms with van der Waals surface area (Å²) in [6, 6.07) is 0.199. The summed E-state index contributed by atoms with van der Waals surface area (Å²) >= 11 is 0. The monoisotopic (exact) mass is 262 g/mol. The Bertz CT molecular complexity index is 329. The quantitative estimate of drug-likeness (QED) is 0.815. The van der Waals surface area contributed by atoms with Crippen molar-refractivity contribution in [3.63, 3.8) is 0 Å². The molecule has 1 aliphatic rings. The van der Waals surface area contributed by atoms with E-state index in [1.807, 2.05) is 0 Å². The van der Waals surface area contributed by atoms with E-state index < -0.39 is 10.0 Å². The van der Waals surface area contributed by atoms with Crippen LogP contribution >= 0.6 is 0 Å². The van der Waals surface area contributed by atoms with E-state index in [-0.39, 0.29) is 6.04 Å². The van der Waals surface area contributed by atoms with Gasteiger partial charge in [0, 0.05) is 19.1 Å². The lowest BCUT2D eigenvalue weighted by molar-refractivity contribution is 0.231. The van der Waals surface area contributed by atoms with E-state index in [2.05, 4.69) is 13.8 Å². The second-order valence-electron chi connectivity index (χ2n) is 5.41. The van der Waals surface area contributed by atoms with E-state index in [9.17, 15) is 8.42 Å². The van der Waals surface area contributed by atoms with Crippen molar-refractivity contribution < 1.29 is 8.42 Å². The minimum Gasteiger partial charge on any atom is -0.327 e. The smallest absolute Gasteiger partial charge is 0.211 e. The minimum absolute atomic E-state index is 0.199. The summed E-state index contributed by atoms with van der Waals surface area (Å²) in [6.45, 7) is 5.65. The molecule has 0 aromatic rings. The predicted octanol–water partition coefficient (Wildman–Crippen LogP) is 1.42. The van der Waals surface area contributed by atoms with Crippen LogP contribution in [0.15, 0.2) is 0 Å². The second-order valence-corrected chi connectivity index (χ2v) is 7.40. The molecular weight excluding hydrogens is 236 g/mol. The van der Waals surface area contributed by atoms with Gasteiger partial charge in [0.05, 0.1) is 6.26 Å². The molecule has 1 rings (SSSR count). The average Bonchev–Trinajstić information content (AvgIpc) is 2.27. The van der Waals surface area contributed by atoms with Crippen molar-refractivity contribution in [2.24, 2.45) is 17.6 Å². The Hall–Kier alpha value is -0.130. The number of rotatable bonds is 5. The highest BCUT2D eigenvalue weighted by molar-refractivity contribution is 7.88. The van der Waals surface area contributed by atoms with Crippen molar-refractivity contribution >= 4 is 10.0 Å². The lowest BCUT2D eigenvalue weighted by atomic mass is 9.87. The van der Waals surface area contributed by atoms with Crippen molar-refractivity contribution in [1.29, 1.82) is 0 Å². The molecule has 0 aromatic heterocycles. The largest absolute Gasteiger partial charge is 0.327 e. The van der Waals surface area contributed by atoms with E-state index in [4.69, 9.17) is 5.73 Å². The van der Waals surface area contributed by atoms with Gasteiger partial charge in [0.2, 0.25) is 10.0 Å². The fraction of sp³-hybridized carbons (Fsp3) is 1.00. The lowest BCUT2D eigenvalue weighted by Crippen LogP contribution is -2.42. The van der Waals surface area contributed by atoms with Gasteiger partial charge < -0.3 is 5.73 Å². The van der Waals surface area contributed by atoms with E-state index in [1.54, 1.807) is 4.31 Å². The molecule has 1 saturated heterocycles. The van der Waals surface area contributed by atoms with Crippen LogP contribution in [0.5, 0.6) is 0 Å². The molecule has 17 heavy (non-hydrogen) atoms. The predicted molar refractivity (Wildman–Crippen MR) is 71.2 cm³/mol. The first kappa shape index (κ1) is 14.9. The maximum atomic E-state index is 11.5. The number of sulfonamides is 1. The van der Waals surface area contributed by atoms with Gasteiger partial charge in [-0.3, -0.25) is 0 Å². The zero-order valence-corrected chi connectivity index (χ0v) is 12.0. The summed E-state index contributed by atoms with van der Waals surface area (Å²) in [5, 5.41) is 0. The molecular formula is C12H26N2O2S. The summed E-state index contributed by atoms with van der Waals surface area (Å²) in [4.78, 5) is 0. The van der Waals surface area contributed by atoms with Crippen LogP contribution in [-0.2, 0) is 10.0 Å². The van der Waals surface area contributed by atoms with E-state index in [1.165, 1.54) is 6.26 Å². The van der Waals surface area contributed by atoms with Crippen molar-refractivity contribution in [3.05, 3.63) is 0 Å². The van der Waals surface area contributed by atoms with Gasteiger partial charge in [0.15, 0.2) is 0 Å². The van der Waals surface area contributed by atoms with Crippen LogP contribution in [0.25, 0.3) is 0 Å². The molecule has 0 radical (unpaired) electrons. The van der Waals surface area contributed by atoms with Crippen molar-refractivity contribution in [2.45, 2.75) is 45.6 Å². The summed E-state index contributed by atoms with van der Waals surface area (Å²) in [7, 11) is -3.03. The van der Waals surface area contributed by atoms with Gasteiger partial charge in [-0.15, -0.1) is 0 Å². The number of hydrogen-bond acceptors (Lipinski definition) is 3. The van der Waals surface area contributed by atoms with E-state index in [0.717, 1.165) is 25.7 Å². The fourth-order valence-corrected chi connectivity index (χ4v) is 3.38. The molecule has 3 atom stereocenters. The molecule has 1 fully saturated rings. The van der Waals surface area contributed by atoms with Crippen molar-refractivity contribution in [1.82, 2.24) is 4.31 Å². The van der Waals surface area contributed by atoms with Gasteiger partial charge in [-0.2, -0.15) is 0 Å². The highest BCUT2D eigenvalue weighted by Crippen LogP contribution is 2.24. The molecule has 1 heterocycles. The number of nitrogens with two attached hydrogens (primary N) is 1. The molecule has 5 heteroatoms. The third-order valence-corrected chi connectivity index (χ3v) is 5.20. The summed E-state index contributed by atoms with van der Waals surface area (Å²) in [5.74, 6) is 0.950. The molecule has 3 unspecified atom stereocenters. The third-order valence-electron chi connectivity index (χ3n) is 3.93. The highest BCUT2D eigenvalue weighted by atomic mass is 32.2. The van der Waals surface area contributed by atoms with Gasteiger partial charge in [0.1, 0.15) is 0 Å². The molecule has 0 amide bonds. The summed E-state index contributed by atoms with van der Waals surface area (Å²) in [5.41, 5.74) is 6.15. The maximum absolute atomic E-state index is 11.5. The van der Waals surface area contributed by atoms with Gasteiger partial charge >= 0.3 is 0 Å². The molecule has 1 aliphatic heterocycles. The number of nitrogens with zero attached hydrogens (tertiary/aromatic N) is 1. The molecule has 0 bridgehead atoms. The minimum atomic E-state index is -3.03. The molecule has 4 nitrogen and oxygen atoms in total. The zero-order valence-electron chi connectivity index (χ0n) is 11.2. The Morgan fingerprint density at radius 2 is 2.12 bits per heavy atom. The first-order chi connectivity index (χ1) is 7.84. The van der Waals surface area contributed by atoms with Crippen LogP contribution in [0.4, 0.5) is 0 Å².